The average Bonchev–Trinajstić information content (AvgIpc) is 2.40. The molecule has 1 aromatic rings. The molecule has 0 saturated heterocycles. The van der Waals surface area contributed by atoms with Gasteiger partial charge in [-0.15, -0.1) is 0 Å². The molecule has 2 N–H and O–H groups in total. The fraction of sp³-hybridized carbons (Fsp3) is 0.417. The minimum Gasteiger partial charge on any atom is -0.478 e. The first-order valence-electron chi connectivity index (χ1n) is 6.05. The van der Waals surface area contributed by atoms with E-state index >= 15 is 0 Å². The van der Waals surface area contributed by atoms with E-state index in [0.717, 1.165) is 16.4 Å². The Balaban J connectivity index is 3.22. The van der Waals surface area contributed by atoms with Gasteiger partial charge in [-0.05, 0) is 32.1 Å². The number of rotatable bonds is 7. The third kappa shape index (κ3) is 4.13. The van der Waals surface area contributed by atoms with Gasteiger partial charge in [0.25, 0.3) is 0 Å². The summed E-state index contributed by atoms with van der Waals surface area (Å²) in [4.78, 5) is 10.2. The number of halogens is 2. The maximum atomic E-state index is 14.1. The standard InChI is InChI=1S/C12H16ClFN2O4S/c1-15-4-3-5-16(2)21(19,20)10-7-8(13)6-9(11(10)14)12(17)18/h6-7,15H,3-5H2,1-2H3,(H,17,18). The van der Waals surface area contributed by atoms with E-state index in [1.165, 1.54) is 7.05 Å². The fourth-order valence-electron chi connectivity index (χ4n) is 1.67. The van der Waals surface area contributed by atoms with Crippen molar-refractivity contribution in [1.29, 1.82) is 0 Å². The lowest BCUT2D eigenvalue weighted by atomic mass is 10.2. The van der Waals surface area contributed by atoms with Crippen molar-refractivity contribution in [3.05, 3.63) is 28.5 Å². The van der Waals surface area contributed by atoms with Gasteiger partial charge in [-0.1, -0.05) is 11.6 Å². The van der Waals surface area contributed by atoms with Crippen LogP contribution in [0.1, 0.15) is 16.8 Å². The minimum absolute atomic E-state index is 0.156. The van der Waals surface area contributed by atoms with Gasteiger partial charge in [0.1, 0.15) is 4.90 Å². The van der Waals surface area contributed by atoms with Gasteiger partial charge in [0, 0.05) is 18.6 Å². The normalized spacial score (nSPS) is 11.9. The molecule has 6 nitrogen and oxygen atoms in total. The fourth-order valence-corrected chi connectivity index (χ4v) is 3.27. The molecular weight excluding hydrogens is 323 g/mol. The van der Waals surface area contributed by atoms with Crippen LogP contribution in [0.25, 0.3) is 0 Å². The van der Waals surface area contributed by atoms with Gasteiger partial charge < -0.3 is 10.4 Å². The summed E-state index contributed by atoms with van der Waals surface area (Å²) in [6.07, 6.45) is 0.528. The third-order valence-corrected chi connectivity index (χ3v) is 4.90. The lowest BCUT2D eigenvalue weighted by Gasteiger charge is -2.18. The Kier molecular flexibility index (Phi) is 6.09. The molecule has 0 saturated carbocycles. The van der Waals surface area contributed by atoms with E-state index < -0.39 is 32.3 Å². The summed E-state index contributed by atoms with van der Waals surface area (Å²) in [5, 5.41) is 11.6. The Morgan fingerprint density at radius 1 is 1.48 bits per heavy atom. The summed E-state index contributed by atoms with van der Waals surface area (Å²) in [6, 6.07) is 1.78. The number of hydrogen-bond donors (Lipinski definition) is 2. The van der Waals surface area contributed by atoms with E-state index in [-0.39, 0.29) is 11.6 Å². The molecule has 1 rings (SSSR count). The van der Waals surface area contributed by atoms with Gasteiger partial charge in [0.15, 0.2) is 5.82 Å². The summed E-state index contributed by atoms with van der Waals surface area (Å²) < 4.78 is 39.6. The van der Waals surface area contributed by atoms with Crippen molar-refractivity contribution >= 4 is 27.6 Å². The van der Waals surface area contributed by atoms with E-state index in [0.29, 0.717) is 13.0 Å². The molecule has 0 unspecified atom stereocenters. The number of carbonyl (C=O) groups is 1. The van der Waals surface area contributed by atoms with Crippen molar-refractivity contribution in [2.24, 2.45) is 0 Å². The van der Waals surface area contributed by atoms with Crippen LogP contribution in [0.5, 0.6) is 0 Å². The number of nitrogens with one attached hydrogen (secondary N) is 1. The van der Waals surface area contributed by atoms with Crippen LogP contribution in [0, 0.1) is 5.82 Å². The molecular formula is C12H16ClFN2O4S. The van der Waals surface area contributed by atoms with Gasteiger partial charge in [-0.25, -0.2) is 21.9 Å². The topological polar surface area (TPSA) is 86.7 Å². The number of aromatic carboxylic acids is 1. The molecule has 0 spiro atoms. The summed E-state index contributed by atoms with van der Waals surface area (Å²) in [5.41, 5.74) is -0.773. The molecule has 0 bridgehead atoms. The molecule has 0 amide bonds. The smallest absolute Gasteiger partial charge is 0.338 e. The number of carboxylic acids is 1. The highest BCUT2D eigenvalue weighted by atomic mass is 35.5. The Labute approximate surface area is 127 Å². The highest BCUT2D eigenvalue weighted by Crippen LogP contribution is 2.26. The van der Waals surface area contributed by atoms with E-state index in [1.54, 1.807) is 7.05 Å². The van der Waals surface area contributed by atoms with Crippen molar-refractivity contribution in [3.63, 3.8) is 0 Å². The van der Waals surface area contributed by atoms with Crippen LogP contribution in [-0.4, -0.2) is 51.0 Å². The number of nitrogens with zero attached hydrogens (tertiary/aromatic N) is 1. The lowest BCUT2D eigenvalue weighted by Crippen LogP contribution is -2.30. The van der Waals surface area contributed by atoms with Crippen molar-refractivity contribution < 1.29 is 22.7 Å². The Morgan fingerprint density at radius 2 is 2.10 bits per heavy atom. The number of carboxylic acid groups (broad SMARTS) is 1. The van der Waals surface area contributed by atoms with Crippen molar-refractivity contribution in [3.8, 4) is 0 Å². The predicted octanol–water partition coefficient (Wildman–Crippen LogP) is 1.41. The maximum Gasteiger partial charge on any atom is 0.338 e. The predicted molar refractivity (Wildman–Crippen MR) is 76.7 cm³/mol. The third-order valence-electron chi connectivity index (χ3n) is 2.82. The first-order chi connectivity index (χ1) is 9.71. The highest BCUT2D eigenvalue weighted by molar-refractivity contribution is 7.89. The van der Waals surface area contributed by atoms with E-state index in [4.69, 9.17) is 16.7 Å². The zero-order valence-electron chi connectivity index (χ0n) is 11.6. The van der Waals surface area contributed by atoms with Gasteiger partial charge in [-0.2, -0.15) is 0 Å². The van der Waals surface area contributed by atoms with Crippen LogP contribution in [0.15, 0.2) is 17.0 Å². The van der Waals surface area contributed by atoms with Crippen LogP contribution in [0.3, 0.4) is 0 Å². The monoisotopic (exact) mass is 338 g/mol. The van der Waals surface area contributed by atoms with E-state index in [9.17, 15) is 17.6 Å². The Morgan fingerprint density at radius 3 is 2.62 bits per heavy atom. The molecule has 1 aromatic carbocycles. The summed E-state index contributed by atoms with van der Waals surface area (Å²) >= 11 is 5.68. The van der Waals surface area contributed by atoms with Crippen LogP contribution in [0.4, 0.5) is 4.39 Å². The zero-order valence-corrected chi connectivity index (χ0v) is 13.1. The highest BCUT2D eigenvalue weighted by Gasteiger charge is 2.28. The van der Waals surface area contributed by atoms with Crippen LogP contribution in [-0.2, 0) is 10.0 Å². The minimum atomic E-state index is -4.15. The molecule has 0 aliphatic rings. The van der Waals surface area contributed by atoms with Gasteiger partial charge in [0.2, 0.25) is 10.0 Å². The second-order valence-corrected chi connectivity index (χ2v) is 6.80. The van der Waals surface area contributed by atoms with Gasteiger partial charge in [-0.3, -0.25) is 0 Å². The zero-order chi connectivity index (χ0) is 16.2. The van der Waals surface area contributed by atoms with Gasteiger partial charge in [0.05, 0.1) is 5.56 Å². The number of sulfonamides is 1. The summed E-state index contributed by atoms with van der Waals surface area (Å²) in [5.74, 6) is -2.89. The largest absolute Gasteiger partial charge is 0.478 e. The molecule has 0 aliphatic heterocycles. The molecule has 0 aliphatic carbocycles. The van der Waals surface area contributed by atoms with Crippen molar-refractivity contribution in [2.75, 3.05) is 27.2 Å². The molecule has 0 heterocycles. The SMILES string of the molecule is CNCCCN(C)S(=O)(=O)c1cc(Cl)cc(C(=O)O)c1F. The second-order valence-electron chi connectivity index (χ2n) is 4.35. The second kappa shape index (κ2) is 7.17. The number of benzene rings is 1. The van der Waals surface area contributed by atoms with Gasteiger partial charge >= 0.3 is 5.97 Å². The molecule has 0 radical (unpaired) electrons. The summed E-state index contributed by atoms with van der Waals surface area (Å²) in [6.45, 7) is 0.760. The quantitative estimate of drug-likeness (QED) is 0.734. The van der Waals surface area contributed by atoms with Crippen LogP contribution in [0.2, 0.25) is 5.02 Å². The molecule has 21 heavy (non-hydrogen) atoms. The van der Waals surface area contributed by atoms with Crippen LogP contribution < -0.4 is 5.32 Å². The molecule has 0 fully saturated rings. The van der Waals surface area contributed by atoms with Crippen LogP contribution >= 0.6 is 11.6 Å². The lowest BCUT2D eigenvalue weighted by molar-refractivity contribution is 0.0691. The molecule has 0 atom stereocenters. The Hall–Kier alpha value is -1.22. The molecule has 118 valence electrons. The van der Waals surface area contributed by atoms with Crippen molar-refractivity contribution in [2.45, 2.75) is 11.3 Å². The number of hydrogen-bond acceptors (Lipinski definition) is 4. The summed E-state index contributed by atoms with van der Waals surface area (Å²) in [7, 11) is -1.12. The van der Waals surface area contributed by atoms with Crippen molar-refractivity contribution in [1.82, 2.24) is 9.62 Å². The molecule has 0 aromatic heterocycles. The van der Waals surface area contributed by atoms with E-state index in [2.05, 4.69) is 5.32 Å². The first-order valence-corrected chi connectivity index (χ1v) is 7.87. The molecule has 9 heteroatoms. The Bertz CT molecular complexity index is 636. The average molecular weight is 339 g/mol. The van der Waals surface area contributed by atoms with E-state index in [1.807, 2.05) is 0 Å². The first kappa shape index (κ1) is 17.8. The maximum absolute atomic E-state index is 14.1.